The summed E-state index contributed by atoms with van der Waals surface area (Å²) in [7, 11) is 0. The lowest BCUT2D eigenvalue weighted by molar-refractivity contribution is 0.0942. The fourth-order valence-corrected chi connectivity index (χ4v) is 2.09. The van der Waals surface area contributed by atoms with Crippen molar-refractivity contribution in [1.29, 1.82) is 0 Å². The summed E-state index contributed by atoms with van der Waals surface area (Å²) in [5.74, 6) is -0.604. The molecule has 0 aliphatic heterocycles. The van der Waals surface area contributed by atoms with Crippen LogP contribution in [0.1, 0.15) is 10.4 Å². The van der Waals surface area contributed by atoms with Crippen molar-refractivity contribution in [2.24, 2.45) is 0 Å². The highest BCUT2D eigenvalue weighted by atomic mass is 35.5. The lowest BCUT2D eigenvalue weighted by atomic mass is 10.0. The van der Waals surface area contributed by atoms with E-state index >= 15 is 0 Å². The Morgan fingerprint density at radius 2 is 1.90 bits per heavy atom. The fraction of sp³-hybridized carbons (Fsp3) is 0.133. The topological polar surface area (TPSA) is 69.6 Å². The van der Waals surface area contributed by atoms with Crippen molar-refractivity contribution in [2.75, 3.05) is 13.2 Å². The van der Waals surface area contributed by atoms with Crippen LogP contribution < -0.4 is 5.32 Å². The van der Waals surface area contributed by atoms with Gasteiger partial charge in [-0.2, -0.15) is 0 Å². The summed E-state index contributed by atoms with van der Waals surface area (Å²) in [6.07, 6.45) is 0. The molecular weight excluding hydrogens is 278 g/mol. The third-order valence-corrected chi connectivity index (χ3v) is 3.02. The van der Waals surface area contributed by atoms with Crippen LogP contribution in [0.5, 0.6) is 5.75 Å². The number of amides is 1. The molecule has 0 aliphatic rings. The zero-order valence-corrected chi connectivity index (χ0v) is 11.4. The minimum atomic E-state index is -0.476. The molecule has 0 radical (unpaired) electrons. The van der Waals surface area contributed by atoms with Gasteiger partial charge in [-0.05, 0) is 17.7 Å². The van der Waals surface area contributed by atoms with Crippen LogP contribution in [0.3, 0.4) is 0 Å². The summed E-state index contributed by atoms with van der Waals surface area (Å²) >= 11 is 6.01. The van der Waals surface area contributed by atoms with Crippen molar-refractivity contribution in [1.82, 2.24) is 5.32 Å². The molecule has 0 aliphatic carbocycles. The molecule has 0 saturated heterocycles. The Morgan fingerprint density at radius 3 is 2.55 bits per heavy atom. The average Bonchev–Trinajstić information content (AvgIpc) is 2.47. The second-order valence-corrected chi connectivity index (χ2v) is 4.63. The number of phenols is 1. The first kappa shape index (κ1) is 14.4. The van der Waals surface area contributed by atoms with Gasteiger partial charge in [0, 0.05) is 17.1 Å². The van der Waals surface area contributed by atoms with Gasteiger partial charge in [0.05, 0.1) is 12.2 Å². The molecule has 0 saturated carbocycles. The number of aromatic hydroxyl groups is 1. The number of aliphatic hydroxyl groups excluding tert-OH is 1. The first-order chi connectivity index (χ1) is 9.63. The predicted octanol–water partition coefficient (Wildman–Crippen LogP) is 2.43. The maximum Gasteiger partial charge on any atom is 0.255 e. The number of rotatable bonds is 4. The van der Waals surface area contributed by atoms with E-state index in [2.05, 4.69) is 5.32 Å². The molecule has 0 aromatic heterocycles. The van der Waals surface area contributed by atoms with E-state index in [4.69, 9.17) is 16.7 Å². The zero-order valence-electron chi connectivity index (χ0n) is 10.6. The number of benzene rings is 2. The number of halogens is 1. The van der Waals surface area contributed by atoms with Crippen molar-refractivity contribution in [3.63, 3.8) is 0 Å². The van der Waals surface area contributed by atoms with Gasteiger partial charge >= 0.3 is 0 Å². The SMILES string of the molecule is O=C(NCCO)c1cc(Cl)cc(-c2ccccc2)c1O. The van der Waals surface area contributed by atoms with E-state index in [0.717, 1.165) is 5.56 Å². The Balaban J connectivity index is 2.45. The summed E-state index contributed by atoms with van der Waals surface area (Å²) in [6.45, 7) is -0.0515. The molecule has 0 bridgehead atoms. The van der Waals surface area contributed by atoms with Crippen molar-refractivity contribution in [3.05, 3.63) is 53.1 Å². The summed E-state index contributed by atoms with van der Waals surface area (Å²) in [4.78, 5) is 11.9. The van der Waals surface area contributed by atoms with E-state index in [0.29, 0.717) is 10.6 Å². The monoisotopic (exact) mass is 291 g/mol. The Labute approximate surface area is 121 Å². The molecule has 2 aromatic rings. The smallest absolute Gasteiger partial charge is 0.255 e. The standard InChI is InChI=1S/C15H14ClNO3/c16-11-8-12(10-4-2-1-3-5-10)14(19)13(9-11)15(20)17-6-7-18/h1-5,8-9,18-19H,6-7H2,(H,17,20). The molecular formula is C15H14ClNO3. The molecule has 2 aromatic carbocycles. The van der Waals surface area contributed by atoms with Crippen LogP contribution in [0.2, 0.25) is 5.02 Å². The van der Waals surface area contributed by atoms with Crippen molar-refractivity contribution < 1.29 is 15.0 Å². The van der Waals surface area contributed by atoms with E-state index in [1.807, 2.05) is 30.3 Å². The normalized spacial score (nSPS) is 10.3. The highest BCUT2D eigenvalue weighted by Gasteiger charge is 2.16. The summed E-state index contributed by atoms with van der Waals surface area (Å²) in [5.41, 5.74) is 1.35. The number of phenolic OH excluding ortho intramolecular Hbond substituents is 1. The molecule has 0 spiro atoms. The second kappa shape index (κ2) is 6.41. The van der Waals surface area contributed by atoms with Crippen LogP contribution in [0.4, 0.5) is 0 Å². The van der Waals surface area contributed by atoms with Gasteiger partial charge in [-0.1, -0.05) is 41.9 Å². The maximum absolute atomic E-state index is 11.9. The Kier molecular flexibility index (Phi) is 4.61. The van der Waals surface area contributed by atoms with E-state index in [-0.39, 0.29) is 24.5 Å². The van der Waals surface area contributed by atoms with Crippen LogP contribution >= 0.6 is 11.6 Å². The van der Waals surface area contributed by atoms with Gasteiger partial charge in [0.15, 0.2) is 0 Å². The number of nitrogens with one attached hydrogen (secondary N) is 1. The molecule has 0 unspecified atom stereocenters. The second-order valence-electron chi connectivity index (χ2n) is 4.20. The van der Waals surface area contributed by atoms with Crippen LogP contribution in [0, 0.1) is 0 Å². The third kappa shape index (κ3) is 3.10. The number of hydrogen-bond donors (Lipinski definition) is 3. The number of hydrogen-bond acceptors (Lipinski definition) is 3. The summed E-state index contributed by atoms with van der Waals surface area (Å²) in [5, 5.41) is 21.8. The van der Waals surface area contributed by atoms with Gasteiger partial charge in [0.25, 0.3) is 5.91 Å². The molecule has 0 atom stereocenters. The molecule has 3 N–H and O–H groups in total. The molecule has 1 amide bonds. The first-order valence-electron chi connectivity index (χ1n) is 6.10. The largest absolute Gasteiger partial charge is 0.506 e. The van der Waals surface area contributed by atoms with E-state index in [9.17, 15) is 9.90 Å². The Hall–Kier alpha value is -2.04. The highest BCUT2D eigenvalue weighted by molar-refractivity contribution is 6.31. The maximum atomic E-state index is 11.9. The van der Waals surface area contributed by atoms with Gasteiger partial charge < -0.3 is 15.5 Å². The quantitative estimate of drug-likeness (QED) is 0.810. The van der Waals surface area contributed by atoms with Crippen LogP contribution in [0.25, 0.3) is 11.1 Å². The van der Waals surface area contributed by atoms with E-state index in [1.165, 1.54) is 6.07 Å². The van der Waals surface area contributed by atoms with E-state index in [1.54, 1.807) is 6.07 Å². The lowest BCUT2D eigenvalue weighted by Crippen LogP contribution is -2.26. The molecule has 0 heterocycles. The molecule has 0 fully saturated rings. The summed E-state index contributed by atoms with van der Waals surface area (Å²) < 4.78 is 0. The Bertz CT molecular complexity index is 614. The summed E-state index contributed by atoms with van der Waals surface area (Å²) in [6, 6.07) is 12.2. The number of carbonyl (C=O) groups excluding carboxylic acids is 1. The van der Waals surface area contributed by atoms with Crippen molar-refractivity contribution in [3.8, 4) is 16.9 Å². The van der Waals surface area contributed by atoms with Gasteiger partial charge in [-0.25, -0.2) is 0 Å². The van der Waals surface area contributed by atoms with Gasteiger partial charge in [-0.15, -0.1) is 0 Å². The number of carbonyl (C=O) groups is 1. The van der Waals surface area contributed by atoms with Gasteiger partial charge in [-0.3, -0.25) is 4.79 Å². The average molecular weight is 292 g/mol. The molecule has 5 heteroatoms. The van der Waals surface area contributed by atoms with Gasteiger partial charge in [0.2, 0.25) is 0 Å². The van der Waals surface area contributed by atoms with Crippen molar-refractivity contribution >= 4 is 17.5 Å². The fourth-order valence-electron chi connectivity index (χ4n) is 1.87. The van der Waals surface area contributed by atoms with Gasteiger partial charge in [0.1, 0.15) is 5.75 Å². The molecule has 2 rings (SSSR count). The minimum Gasteiger partial charge on any atom is -0.506 e. The zero-order chi connectivity index (χ0) is 14.5. The van der Waals surface area contributed by atoms with Crippen LogP contribution in [-0.4, -0.2) is 29.3 Å². The van der Waals surface area contributed by atoms with Crippen LogP contribution in [0.15, 0.2) is 42.5 Å². The molecule has 20 heavy (non-hydrogen) atoms. The van der Waals surface area contributed by atoms with Crippen molar-refractivity contribution in [2.45, 2.75) is 0 Å². The third-order valence-electron chi connectivity index (χ3n) is 2.80. The predicted molar refractivity (Wildman–Crippen MR) is 78.0 cm³/mol. The molecule has 4 nitrogen and oxygen atoms in total. The Morgan fingerprint density at radius 1 is 1.20 bits per heavy atom. The van der Waals surface area contributed by atoms with Crippen LogP contribution in [-0.2, 0) is 0 Å². The lowest BCUT2D eigenvalue weighted by Gasteiger charge is -2.11. The molecule has 104 valence electrons. The minimum absolute atomic E-state index is 0.0878. The number of aliphatic hydroxyl groups is 1. The highest BCUT2D eigenvalue weighted by Crippen LogP contribution is 2.35. The van der Waals surface area contributed by atoms with E-state index < -0.39 is 5.91 Å². The first-order valence-corrected chi connectivity index (χ1v) is 6.48.